The summed E-state index contributed by atoms with van der Waals surface area (Å²) in [6, 6.07) is 3.24. The molecule has 114 valence electrons. The van der Waals surface area contributed by atoms with Crippen LogP contribution in [-0.2, 0) is 11.2 Å². The SMILES string of the molecule is CCc1cc(C(=O)O)cc(N2CCC(CC(N)=O)CC2)n1. The Balaban J connectivity index is 2.10. The zero-order valence-electron chi connectivity index (χ0n) is 12.2. The molecule has 21 heavy (non-hydrogen) atoms. The number of carboxylic acid groups (broad SMARTS) is 1. The van der Waals surface area contributed by atoms with E-state index in [4.69, 9.17) is 5.73 Å². The van der Waals surface area contributed by atoms with Crippen molar-refractivity contribution in [1.29, 1.82) is 0 Å². The molecule has 1 saturated heterocycles. The zero-order chi connectivity index (χ0) is 15.4. The maximum atomic E-state index is 11.2. The number of anilines is 1. The van der Waals surface area contributed by atoms with E-state index in [2.05, 4.69) is 9.88 Å². The molecule has 0 aromatic carbocycles. The lowest BCUT2D eigenvalue weighted by Gasteiger charge is -2.32. The van der Waals surface area contributed by atoms with Gasteiger partial charge in [0.15, 0.2) is 0 Å². The molecule has 1 amide bonds. The maximum absolute atomic E-state index is 11.2. The molecule has 1 aliphatic heterocycles. The van der Waals surface area contributed by atoms with Gasteiger partial charge in [-0.05, 0) is 37.3 Å². The normalized spacial score (nSPS) is 16.0. The van der Waals surface area contributed by atoms with Gasteiger partial charge in [-0.1, -0.05) is 6.92 Å². The first-order valence-corrected chi connectivity index (χ1v) is 7.27. The number of amides is 1. The predicted octanol–water partition coefficient (Wildman–Crippen LogP) is 1.43. The summed E-state index contributed by atoms with van der Waals surface area (Å²) in [5, 5.41) is 9.17. The average Bonchev–Trinajstić information content (AvgIpc) is 2.46. The number of carbonyl (C=O) groups excluding carboxylic acids is 1. The molecule has 1 fully saturated rings. The average molecular weight is 291 g/mol. The number of aromatic nitrogens is 1. The summed E-state index contributed by atoms with van der Waals surface area (Å²) in [6.45, 7) is 3.51. The van der Waals surface area contributed by atoms with E-state index in [0.717, 1.165) is 31.6 Å². The number of pyridine rings is 1. The molecule has 2 heterocycles. The molecule has 1 aromatic heterocycles. The van der Waals surface area contributed by atoms with Crippen LogP contribution in [0.5, 0.6) is 0 Å². The van der Waals surface area contributed by atoms with Crippen LogP contribution in [0, 0.1) is 5.92 Å². The van der Waals surface area contributed by atoms with Crippen molar-refractivity contribution < 1.29 is 14.7 Å². The smallest absolute Gasteiger partial charge is 0.335 e. The van der Waals surface area contributed by atoms with E-state index in [1.165, 1.54) is 0 Å². The second-order valence-corrected chi connectivity index (χ2v) is 5.46. The fourth-order valence-corrected chi connectivity index (χ4v) is 2.69. The monoisotopic (exact) mass is 291 g/mol. The number of primary amides is 1. The van der Waals surface area contributed by atoms with Crippen LogP contribution in [0.4, 0.5) is 5.82 Å². The maximum Gasteiger partial charge on any atom is 0.335 e. The Bertz CT molecular complexity index is 537. The van der Waals surface area contributed by atoms with Crippen LogP contribution >= 0.6 is 0 Å². The van der Waals surface area contributed by atoms with Gasteiger partial charge in [-0.25, -0.2) is 9.78 Å². The summed E-state index contributed by atoms with van der Waals surface area (Å²) < 4.78 is 0. The highest BCUT2D eigenvalue weighted by atomic mass is 16.4. The molecule has 0 unspecified atom stereocenters. The van der Waals surface area contributed by atoms with Crippen molar-refractivity contribution >= 4 is 17.7 Å². The quantitative estimate of drug-likeness (QED) is 0.855. The minimum atomic E-state index is -0.933. The lowest BCUT2D eigenvalue weighted by Crippen LogP contribution is -2.35. The van der Waals surface area contributed by atoms with Crippen molar-refractivity contribution in [2.45, 2.75) is 32.6 Å². The molecule has 0 radical (unpaired) electrons. The molecular formula is C15H21N3O3. The first kappa shape index (κ1) is 15.3. The topological polar surface area (TPSA) is 96.5 Å². The number of carboxylic acids is 1. The Labute approximate surface area is 124 Å². The molecule has 1 aliphatic rings. The van der Waals surface area contributed by atoms with Crippen LogP contribution in [0.1, 0.15) is 42.2 Å². The summed E-state index contributed by atoms with van der Waals surface area (Å²) in [5.74, 6) is -0.152. The molecule has 0 spiro atoms. The molecule has 2 rings (SSSR count). The van der Waals surface area contributed by atoms with Crippen molar-refractivity contribution in [3.63, 3.8) is 0 Å². The van der Waals surface area contributed by atoms with Gasteiger partial charge in [0.2, 0.25) is 5.91 Å². The van der Waals surface area contributed by atoms with Crippen molar-refractivity contribution in [3.8, 4) is 0 Å². The third kappa shape index (κ3) is 3.93. The highest BCUT2D eigenvalue weighted by molar-refractivity contribution is 5.88. The van der Waals surface area contributed by atoms with E-state index in [1.54, 1.807) is 12.1 Å². The second-order valence-electron chi connectivity index (χ2n) is 5.46. The van der Waals surface area contributed by atoms with E-state index >= 15 is 0 Å². The molecule has 3 N–H and O–H groups in total. The van der Waals surface area contributed by atoms with Gasteiger partial charge >= 0.3 is 5.97 Å². The number of nitrogens with two attached hydrogens (primary N) is 1. The minimum Gasteiger partial charge on any atom is -0.478 e. The first-order chi connectivity index (χ1) is 9.99. The van der Waals surface area contributed by atoms with Crippen molar-refractivity contribution in [2.24, 2.45) is 11.7 Å². The Morgan fingerprint density at radius 1 is 1.38 bits per heavy atom. The molecule has 0 bridgehead atoms. The van der Waals surface area contributed by atoms with E-state index in [1.807, 2.05) is 6.92 Å². The third-order valence-electron chi connectivity index (χ3n) is 3.90. The second kappa shape index (κ2) is 6.56. The Morgan fingerprint density at radius 3 is 2.57 bits per heavy atom. The van der Waals surface area contributed by atoms with Crippen molar-refractivity contribution in [3.05, 3.63) is 23.4 Å². The summed E-state index contributed by atoms with van der Waals surface area (Å²) in [6.07, 6.45) is 2.88. The lowest BCUT2D eigenvalue weighted by atomic mass is 9.93. The number of aromatic carboxylic acids is 1. The van der Waals surface area contributed by atoms with Gasteiger partial charge in [-0.15, -0.1) is 0 Å². The summed E-state index contributed by atoms with van der Waals surface area (Å²) in [4.78, 5) is 28.7. The molecule has 0 atom stereocenters. The van der Waals surface area contributed by atoms with Crippen LogP contribution in [-0.4, -0.2) is 35.1 Å². The molecule has 0 aliphatic carbocycles. The highest BCUT2D eigenvalue weighted by Gasteiger charge is 2.22. The van der Waals surface area contributed by atoms with Crippen molar-refractivity contribution in [1.82, 2.24) is 4.98 Å². The summed E-state index contributed by atoms with van der Waals surface area (Å²) in [7, 11) is 0. The van der Waals surface area contributed by atoms with Crippen LogP contribution in [0.25, 0.3) is 0 Å². The van der Waals surface area contributed by atoms with Crippen LogP contribution < -0.4 is 10.6 Å². The first-order valence-electron chi connectivity index (χ1n) is 7.27. The van der Waals surface area contributed by atoms with E-state index < -0.39 is 5.97 Å². The molecular weight excluding hydrogens is 270 g/mol. The number of rotatable bonds is 5. The molecule has 0 saturated carbocycles. The number of hydrogen-bond donors (Lipinski definition) is 2. The number of carbonyl (C=O) groups is 2. The number of hydrogen-bond acceptors (Lipinski definition) is 4. The van der Waals surface area contributed by atoms with E-state index in [9.17, 15) is 14.7 Å². The minimum absolute atomic E-state index is 0.257. The zero-order valence-corrected chi connectivity index (χ0v) is 12.2. The van der Waals surface area contributed by atoms with Gasteiger partial charge in [0, 0.05) is 25.2 Å². The number of piperidine rings is 1. The van der Waals surface area contributed by atoms with Gasteiger partial charge in [0.25, 0.3) is 0 Å². The number of aryl methyl sites for hydroxylation is 1. The van der Waals surface area contributed by atoms with Gasteiger partial charge < -0.3 is 15.7 Å². The fourth-order valence-electron chi connectivity index (χ4n) is 2.69. The van der Waals surface area contributed by atoms with Gasteiger partial charge in [0.1, 0.15) is 5.82 Å². The predicted molar refractivity (Wildman–Crippen MR) is 79.3 cm³/mol. The molecule has 6 heteroatoms. The largest absolute Gasteiger partial charge is 0.478 e. The summed E-state index contributed by atoms with van der Waals surface area (Å²) in [5.41, 5.74) is 6.29. The lowest BCUT2D eigenvalue weighted by molar-refractivity contribution is -0.119. The standard InChI is InChI=1S/C15H21N3O3/c1-2-12-8-11(15(20)21)9-14(17-12)18-5-3-10(4-6-18)7-13(16)19/h8-10H,2-7H2,1H3,(H2,16,19)(H,20,21). The van der Waals surface area contributed by atoms with Crippen LogP contribution in [0.3, 0.4) is 0 Å². The Morgan fingerprint density at radius 2 is 2.05 bits per heavy atom. The van der Waals surface area contributed by atoms with Gasteiger partial charge in [0.05, 0.1) is 5.56 Å². The highest BCUT2D eigenvalue weighted by Crippen LogP contribution is 2.25. The number of nitrogens with zero attached hydrogens (tertiary/aromatic N) is 2. The Kier molecular flexibility index (Phi) is 4.77. The van der Waals surface area contributed by atoms with E-state index in [0.29, 0.717) is 24.6 Å². The third-order valence-corrected chi connectivity index (χ3v) is 3.90. The summed E-state index contributed by atoms with van der Waals surface area (Å²) >= 11 is 0. The van der Waals surface area contributed by atoms with Gasteiger partial charge in [-0.2, -0.15) is 0 Å². The van der Waals surface area contributed by atoms with Crippen LogP contribution in [0.2, 0.25) is 0 Å². The van der Waals surface area contributed by atoms with E-state index in [-0.39, 0.29) is 11.5 Å². The molecule has 6 nitrogen and oxygen atoms in total. The fraction of sp³-hybridized carbons (Fsp3) is 0.533. The van der Waals surface area contributed by atoms with Crippen LogP contribution in [0.15, 0.2) is 12.1 Å². The van der Waals surface area contributed by atoms with Crippen molar-refractivity contribution in [2.75, 3.05) is 18.0 Å². The van der Waals surface area contributed by atoms with Gasteiger partial charge in [-0.3, -0.25) is 4.79 Å². The molecule has 1 aromatic rings. The Hall–Kier alpha value is -2.11.